The van der Waals surface area contributed by atoms with Crippen molar-refractivity contribution in [2.24, 2.45) is 0 Å². The number of hydrogen-bond donors (Lipinski definition) is 1. The molecule has 1 amide bonds. The van der Waals surface area contributed by atoms with Crippen LogP contribution in [0.4, 0.5) is 0 Å². The molecule has 0 aliphatic heterocycles. The van der Waals surface area contributed by atoms with Crippen LogP contribution in [0.1, 0.15) is 15.2 Å². The van der Waals surface area contributed by atoms with Crippen LogP contribution in [0.15, 0.2) is 48.1 Å². The summed E-state index contributed by atoms with van der Waals surface area (Å²) in [6.07, 6.45) is 2.30. The number of hydrogen-bond acceptors (Lipinski definition) is 5. The van der Waals surface area contributed by atoms with Gasteiger partial charge in [0.2, 0.25) is 0 Å². The molecule has 0 radical (unpaired) electrons. The van der Waals surface area contributed by atoms with Crippen molar-refractivity contribution < 1.29 is 4.79 Å². The summed E-state index contributed by atoms with van der Waals surface area (Å²) in [7, 11) is 0. The van der Waals surface area contributed by atoms with E-state index in [4.69, 9.17) is 0 Å². The van der Waals surface area contributed by atoms with Gasteiger partial charge in [-0.1, -0.05) is 18.2 Å². The fraction of sp³-hybridized carbons (Fsp3) is 0.143. The Labute approximate surface area is 125 Å². The summed E-state index contributed by atoms with van der Waals surface area (Å²) in [6, 6.07) is 11.3. The molecule has 0 aliphatic carbocycles. The van der Waals surface area contributed by atoms with Gasteiger partial charge in [0.05, 0.1) is 11.3 Å². The molecule has 0 aliphatic rings. The van der Waals surface area contributed by atoms with Gasteiger partial charge in [0.15, 0.2) is 0 Å². The van der Waals surface area contributed by atoms with Crippen LogP contribution in [0.25, 0.3) is 5.69 Å². The molecule has 3 rings (SSSR count). The highest BCUT2D eigenvalue weighted by atomic mass is 32.1. The summed E-state index contributed by atoms with van der Waals surface area (Å²) < 4.78 is 1.48. The van der Waals surface area contributed by atoms with Gasteiger partial charge in [0.1, 0.15) is 6.33 Å². The fourth-order valence-electron chi connectivity index (χ4n) is 1.99. The second-order valence-corrected chi connectivity index (χ2v) is 5.39. The molecule has 0 saturated heterocycles. The Kier molecular flexibility index (Phi) is 4.02. The van der Waals surface area contributed by atoms with E-state index in [9.17, 15) is 4.79 Å². The van der Waals surface area contributed by atoms with Crippen molar-refractivity contribution in [1.82, 2.24) is 25.5 Å². The van der Waals surface area contributed by atoms with Crippen molar-refractivity contribution in [1.29, 1.82) is 0 Å². The second kappa shape index (κ2) is 6.27. The number of carbonyl (C=O) groups excluding carboxylic acids is 1. The van der Waals surface area contributed by atoms with Crippen LogP contribution >= 0.6 is 11.3 Å². The lowest BCUT2D eigenvalue weighted by atomic mass is 10.1. The van der Waals surface area contributed by atoms with Crippen molar-refractivity contribution in [3.05, 3.63) is 58.5 Å². The minimum atomic E-state index is -0.127. The third-order valence-electron chi connectivity index (χ3n) is 2.98. The van der Waals surface area contributed by atoms with Gasteiger partial charge in [-0.25, -0.2) is 0 Å². The number of carbonyl (C=O) groups is 1. The number of amides is 1. The van der Waals surface area contributed by atoms with Gasteiger partial charge in [-0.05, 0) is 40.4 Å². The van der Waals surface area contributed by atoms with Crippen LogP contribution in [0.3, 0.4) is 0 Å². The van der Waals surface area contributed by atoms with Crippen molar-refractivity contribution >= 4 is 17.2 Å². The molecule has 106 valence electrons. The zero-order chi connectivity index (χ0) is 14.5. The number of aromatic nitrogens is 4. The first kappa shape index (κ1) is 13.4. The first-order valence-electron chi connectivity index (χ1n) is 6.47. The van der Waals surface area contributed by atoms with Crippen molar-refractivity contribution in [2.75, 3.05) is 6.54 Å². The molecule has 0 atom stereocenters. The molecule has 2 heterocycles. The van der Waals surface area contributed by atoms with E-state index in [0.29, 0.717) is 17.8 Å². The number of para-hydroxylation sites is 1. The maximum Gasteiger partial charge on any atom is 0.253 e. The topological polar surface area (TPSA) is 72.7 Å². The van der Waals surface area contributed by atoms with E-state index < -0.39 is 0 Å². The zero-order valence-corrected chi connectivity index (χ0v) is 12.0. The Morgan fingerprint density at radius 3 is 2.90 bits per heavy atom. The largest absolute Gasteiger partial charge is 0.352 e. The number of nitrogens with one attached hydrogen (secondary N) is 1. The number of thiophene rings is 1. The Hall–Kier alpha value is -2.54. The van der Waals surface area contributed by atoms with Crippen molar-refractivity contribution in [3.63, 3.8) is 0 Å². The molecule has 3 aromatic rings. The van der Waals surface area contributed by atoms with Gasteiger partial charge in [0, 0.05) is 11.4 Å². The smallest absolute Gasteiger partial charge is 0.253 e. The maximum absolute atomic E-state index is 12.3. The lowest BCUT2D eigenvalue weighted by Gasteiger charge is -2.08. The number of benzene rings is 1. The molecule has 0 unspecified atom stereocenters. The van der Waals surface area contributed by atoms with Gasteiger partial charge >= 0.3 is 0 Å². The number of rotatable bonds is 5. The molecule has 0 saturated carbocycles. The standard InChI is InChI=1S/C14H13N5OS/c20-14(15-8-7-11-4-3-9-21-11)12-5-1-2-6-13(12)19-10-16-17-18-19/h1-6,9-10H,7-8H2,(H,15,20). The van der Waals surface area contributed by atoms with E-state index in [1.165, 1.54) is 15.9 Å². The molecule has 1 aromatic carbocycles. The Morgan fingerprint density at radius 1 is 1.24 bits per heavy atom. The quantitative estimate of drug-likeness (QED) is 0.778. The second-order valence-electron chi connectivity index (χ2n) is 4.36. The van der Waals surface area contributed by atoms with E-state index in [0.717, 1.165) is 6.42 Å². The van der Waals surface area contributed by atoms with Crippen molar-refractivity contribution in [2.45, 2.75) is 6.42 Å². The molecule has 0 bridgehead atoms. The Balaban J connectivity index is 1.70. The highest BCUT2D eigenvalue weighted by molar-refractivity contribution is 7.09. The van der Waals surface area contributed by atoms with Crippen LogP contribution in [0, 0.1) is 0 Å². The minimum Gasteiger partial charge on any atom is -0.352 e. The molecule has 7 heteroatoms. The van der Waals surface area contributed by atoms with Gasteiger partial charge in [-0.3, -0.25) is 4.79 Å². The monoisotopic (exact) mass is 299 g/mol. The van der Waals surface area contributed by atoms with Crippen molar-refractivity contribution in [3.8, 4) is 5.69 Å². The summed E-state index contributed by atoms with van der Waals surface area (Å²) in [4.78, 5) is 13.6. The molecule has 2 aromatic heterocycles. The summed E-state index contributed by atoms with van der Waals surface area (Å²) in [5.74, 6) is -0.127. The summed E-state index contributed by atoms with van der Waals surface area (Å²) in [6.45, 7) is 0.600. The lowest BCUT2D eigenvalue weighted by molar-refractivity contribution is 0.0954. The van der Waals surface area contributed by atoms with Crippen LogP contribution in [-0.4, -0.2) is 32.7 Å². The molecule has 1 N–H and O–H groups in total. The third kappa shape index (κ3) is 3.14. The van der Waals surface area contributed by atoms with E-state index in [1.54, 1.807) is 17.4 Å². The number of nitrogens with zero attached hydrogens (tertiary/aromatic N) is 4. The highest BCUT2D eigenvalue weighted by Gasteiger charge is 2.12. The zero-order valence-electron chi connectivity index (χ0n) is 11.1. The molecular weight excluding hydrogens is 286 g/mol. The predicted molar refractivity (Wildman–Crippen MR) is 79.5 cm³/mol. The van der Waals surface area contributed by atoms with E-state index in [-0.39, 0.29) is 5.91 Å². The molecule has 0 fully saturated rings. The normalized spacial score (nSPS) is 10.5. The summed E-state index contributed by atoms with van der Waals surface area (Å²) in [5.41, 5.74) is 1.21. The molecular formula is C14H13N5OS. The van der Waals surface area contributed by atoms with Gasteiger partial charge in [-0.15, -0.1) is 16.4 Å². The van der Waals surface area contributed by atoms with Crippen LogP contribution in [0.2, 0.25) is 0 Å². The highest BCUT2D eigenvalue weighted by Crippen LogP contribution is 2.13. The van der Waals surface area contributed by atoms with Crippen LogP contribution in [-0.2, 0) is 6.42 Å². The summed E-state index contributed by atoms with van der Waals surface area (Å²) >= 11 is 1.69. The molecule has 6 nitrogen and oxygen atoms in total. The van der Waals surface area contributed by atoms with Crippen LogP contribution in [0.5, 0.6) is 0 Å². The minimum absolute atomic E-state index is 0.127. The lowest BCUT2D eigenvalue weighted by Crippen LogP contribution is -2.26. The fourth-order valence-corrected chi connectivity index (χ4v) is 2.70. The van der Waals surface area contributed by atoms with Crippen LogP contribution < -0.4 is 5.32 Å². The average Bonchev–Trinajstić information content (AvgIpc) is 3.20. The van der Waals surface area contributed by atoms with Gasteiger partial charge in [-0.2, -0.15) is 4.68 Å². The van der Waals surface area contributed by atoms with Gasteiger partial charge < -0.3 is 5.32 Å². The first-order chi connectivity index (χ1) is 10.3. The van der Waals surface area contributed by atoms with E-state index in [2.05, 4.69) is 26.9 Å². The van der Waals surface area contributed by atoms with Gasteiger partial charge in [0.25, 0.3) is 5.91 Å². The molecule has 0 spiro atoms. The first-order valence-corrected chi connectivity index (χ1v) is 7.35. The predicted octanol–water partition coefficient (Wildman–Crippen LogP) is 1.70. The Bertz CT molecular complexity index is 709. The third-order valence-corrected chi connectivity index (χ3v) is 3.92. The number of tetrazole rings is 1. The maximum atomic E-state index is 12.3. The molecule has 21 heavy (non-hydrogen) atoms. The van der Waals surface area contributed by atoms with E-state index >= 15 is 0 Å². The van der Waals surface area contributed by atoms with E-state index in [1.807, 2.05) is 29.6 Å². The summed E-state index contributed by atoms with van der Waals surface area (Å²) in [5, 5.41) is 16.0. The SMILES string of the molecule is O=C(NCCc1cccs1)c1ccccc1-n1cnnn1. The average molecular weight is 299 g/mol. The Morgan fingerprint density at radius 2 is 2.14 bits per heavy atom.